The Bertz CT molecular complexity index is 500. The lowest BCUT2D eigenvalue weighted by Gasteiger charge is -2.17. The number of nitrogens with two attached hydrogens (primary N) is 1. The zero-order valence-corrected chi connectivity index (χ0v) is 12.6. The zero-order valence-electron chi connectivity index (χ0n) is 11.8. The normalized spacial score (nSPS) is 11.0. The molecule has 0 aliphatic carbocycles. The number of methoxy groups -OCH3 is 1. The number of nitrogens with one attached hydrogen (secondary N) is 2. The Morgan fingerprint density at radius 2 is 2.05 bits per heavy atom. The third kappa shape index (κ3) is 5.97. The Labute approximate surface area is 128 Å². The molecule has 0 saturated heterocycles. The first-order valence-corrected chi connectivity index (χ1v) is 6.07. The zero-order chi connectivity index (χ0) is 15.1. The minimum atomic E-state index is -0.456. The molecular weight excluding hydrogens is 301 g/mol. The molecule has 6 nitrogen and oxygen atoms in total. The van der Waals surface area contributed by atoms with E-state index in [0.717, 1.165) is 0 Å². The molecule has 21 heavy (non-hydrogen) atoms. The van der Waals surface area contributed by atoms with E-state index in [1.165, 1.54) is 25.3 Å². The van der Waals surface area contributed by atoms with E-state index in [-0.39, 0.29) is 25.5 Å². The smallest absolute Gasteiger partial charge is 0.239 e. The quantitative estimate of drug-likeness (QED) is 0.712. The van der Waals surface area contributed by atoms with Gasteiger partial charge in [0.05, 0.1) is 26.2 Å². The van der Waals surface area contributed by atoms with E-state index in [1.807, 2.05) is 0 Å². The van der Waals surface area contributed by atoms with Gasteiger partial charge in [-0.15, -0.1) is 12.4 Å². The molecule has 0 spiro atoms. The number of halogens is 2. The van der Waals surface area contributed by atoms with Crippen LogP contribution in [0.15, 0.2) is 18.2 Å². The summed E-state index contributed by atoms with van der Waals surface area (Å²) < 4.78 is 18.4. The molecule has 1 aromatic rings. The molecule has 1 rings (SSSR count). The summed E-state index contributed by atoms with van der Waals surface area (Å²) in [5.41, 5.74) is 5.62. The van der Waals surface area contributed by atoms with Crippen molar-refractivity contribution < 1.29 is 18.7 Å². The van der Waals surface area contributed by atoms with Crippen molar-refractivity contribution in [1.29, 1.82) is 0 Å². The summed E-state index contributed by atoms with van der Waals surface area (Å²) in [5.74, 6) is -0.759. The molecular formula is C13H19ClFN3O3. The van der Waals surface area contributed by atoms with Gasteiger partial charge in [-0.2, -0.15) is 0 Å². The highest BCUT2D eigenvalue weighted by Crippen LogP contribution is 2.25. The van der Waals surface area contributed by atoms with Crippen molar-refractivity contribution >= 4 is 24.2 Å². The third-order valence-electron chi connectivity index (χ3n) is 2.67. The maximum absolute atomic E-state index is 13.2. The molecule has 0 heterocycles. The van der Waals surface area contributed by atoms with Gasteiger partial charge in [-0.3, -0.25) is 9.59 Å². The van der Waals surface area contributed by atoms with Crippen molar-refractivity contribution in [1.82, 2.24) is 10.6 Å². The average molecular weight is 320 g/mol. The van der Waals surface area contributed by atoms with Gasteiger partial charge in [-0.05, 0) is 25.1 Å². The lowest BCUT2D eigenvalue weighted by atomic mass is 10.1. The molecule has 0 aliphatic rings. The van der Waals surface area contributed by atoms with E-state index in [0.29, 0.717) is 11.3 Å². The van der Waals surface area contributed by atoms with Gasteiger partial charge < -0.3 is 21.1 Å². The molecule has 1 aromatic carbocycles. The van der Waals surface area contributed by atoms with Crippen LogP contribution in [-0.4, -0.2) is 32.0 Å². The predicted octanol–water partition coefficient (Wildman–Crippen LogP) is 0.508. The first kappa shape index (κ1) is 19.1. The molecule has 0 bridgehead atoms. The van der Waals surface area contributed by atoms with Gasteiger partial charge >= 0.3 is 0 Å². The van der Waals surface area contributed by atoms with Crippen molar-refractivity contribution in [3.63, 3.8) is 0 Å². The fourth-order valence-corrected chi connectivity index (χ4v) is 1.66. The van der Waals surface area contributed by atoms with Crippen LogP contribution in [0.2, 0.25) is 0 Å². The summed E-state index contributed by atoms with van der Waals surface area (Å²) in [6, 6.07) is 3.60. The topological polar surface area (TPSA) is 93.5 Å². The number of hydrogen-bond acceptors (Lipinski definition) is 4. The first-order valence-electron chi connectivity index (χ1n) is 6.07. The first-order chi connectivity index (χ1) is 9.47. The number of carbonyl (C=O) groups excluding carboxylic acids is 2. The molecule has 2 amide bonds. The average Bonchev–Trinajstić information content (AvgIpc) is 2.44. The van der Waals surface area contributed by atoms with Crippen molar-refractivity contribution in [3.8, 4) is 5.75 Å². The molecule has 1 unspecified atom stereocenters. The Hall–Kier alpha value is -1.86. The molecule has 0 fully saturated rings. The van der Waals surface area contributed by atoms with Crippen molar-refractivity contribution in [3.05, 3.63) is 29.6 Å². The Morgan fingerprint density at radius 3 is 2.62 bits per heavy atom. The second-order valence-corrected chi connectivity index (χ2v) is 4.16. The lowest BCUT2D eigenvalue weighted by molar-refractivity contribution is -0.125. The monoisotopic (exact) mass is 319 g/mol. The van der Waals surface area contributed by atoms with Crippen LogP contribution in [0.4, 0.5) is 4.39 Å². The summed E-state index contributed by atoms with van der Waals surface area (Å²) in [6.07, 6.45) is 0. The maximum atomic E-state index is 13.2. The van der Waals surface area contributed by atoms with Gasteiger partial charge in [0.25, 0.3) is 0 Å². The van der Waals surface area contributed by atoms with Gasteiger partial charge in [0.15, 0.2) is 0 Å². The van der Waals surface area contributed by atoms with Gasteiger partial charge in [0, 0.05) is 5.56 Å². The Kier molecular flexibility index (Phi) is 8.34. The summed E-state index contributed by atoms with van der Waals surface area (Å²) in [4.78, 5) is 22.6. The molecule has 1 atom stereocenters. The molecule has 0 saturated carbocycles. The molecule has 4 N–H and O–H groups in total. The highest BCUT2D eigenvalue weighted by Gasteiger charge is 2.15. The fourth-order valence-electron chi connectivity index (χ4n) is 1.66. The molecule has 0 aliphatic heterocycles. The minimum Gasteiger partial charge on any atom is -0.496 e. The summed E-state index contributed by atoms with van der Waals surface area (Å²) >= 11 is 0. The van der Waals surface area contributed by atoms with Gasteiger partial charge in [0.2, 0.25) is 11.8 Å². The van der Waals surface area contributed by atoms with Crippen LogP contribution in [0.3, 0.4) is 0 Å². The van der Waals surface area contributed by atoms with Crippen LogP contribution in [0, 0.1) is 5.82 Å². The van der Waals surface area contributed by atoms with Gasteiger partial charge in [-0.25, -0.2) is 4.39 Å². The van der Waals surface area contributed by atoms with Crippen LogP contribution in [-0.2, 0) is 9.59 Å². The highest BCUT2D eigenvalue weighted by atomic mass is 35.5. The summed E-state index contributed by atoms with van der Waals surface area (Å²) in [6.45, 7) is 1.33. The predicted molar refractivity (Wildman–Crippen MR) is 78.8 cm³/mol. The van der Waals surface area contributed by atoms with E-state index in [2.05, 4.69) is 10.6 Å². The minimum absolute atomic E-state index is 0. The van der Waals surface area contributed by atoms with Crippen LogP contribution in [0.1, 0.15) is 18.5 Å². The summed E-state index contributed by atoms with van der Waals surface area (Å²) in [5, 5.41) is 4.98. The largest absolute Gasteiger partial charge is 0.496 e. The second-order valence-electron chi connectivity index (χ2n) is 4.16. The number of amides is 2. The molecule has 0 radical (unpaired) electrons. The number of carbonyl (C=O) groups is 2. The van der Waals surface area contributed by atoms with Crippen molar-refractivity contribution in [2.45, 2.75) is 13.0 Å². The fraction of sp³-hybridized carbons (Fsp3) is 0.385. The van der Waals surface area contributed by atoms with Crippen molar-refractivity contribution in [2.24, 2.45) is 5.73 Å². The van der Waals surface area contributed by atoms with Gasteiger partial charge in [-0.1, -0.05) is 0 Å². The maximum Gasteiger partial charge on any atom is 0.239 e. The van der Waals surface area contributed by atoms with E-state index < -0.39 is 23.7 Å². The molecule has 8 heteroatoms. The van der Waals surface area contributed by atoms with Crippen LogP contribution >= 0.6 is 12.4 Å². The number of ether oxygens (including phenoxy) is 1. The van der Waals surface area contributed by atoms with Crippen LogP contribution < -0.4 is 21.1 Å². The van der Waals surface area contributed by atoms with Crippen LogP contribution in [0.25, 0.3) is 0 Å². The standard InChI is InChI=1S/C13H18FN3O3.ClH/c1-8(17-13(19)7-16-12(18)6-15)10-5-9(14)3-4-11(10)20-2;/h3-5,8H,6-7,15H2,1-2H3,(H,16,18)(H,17,19);1H. The second kappa shape index (κ2) is 9.15. The van der Waals surface area contributed by atoms with Crippen LogP contribution in [0.5, 0.6) is 5.75 Å². The van der Waals surface area contributed by atoms with E-state index in [4.69, 9.17) is 10.5 Å². The van der Waals surface area contributed by atoms with E-state index in [9.17, 15) is 14.0 Å². The number of rotatable bonds is 6. The molecule has 118 valence electrons. The number of benzene rings is 1. The van der Waals surface area contributed by atoms with E-state index >= 15 is 0 Å². The van der Waals surface area contributed by atoms with E-state index in [1.54, 1.807) is 6.92 Å². The van der Waals surface area contributed by atoms with Gasteiger partial charge in [0.1, 0.15) is 11.6 Å². The Balaban J connectivity index is 0.00000400. The third-order valence-corrected chi connectivity index (χ3v) is 2.67. The SMILES string of the molecule is COc1ccc(F)cc1C(C)NC(=O)CNC(=O)CN.Cl. The highest BCUT2D eigenvalue weighted by molar-refractivity contribution is 5.86. The van der Waals surface area contributed by atoms with Crippen molar-refractivity contribution in [2.75, 3.05) is 20.2 Å². The molecule has 0 aromatic heterocycles. The summed E-state index contributed by atoms with van der Waals surface area (Å²) in [7, 11) is 1.47. The Morgan fingerprint density at radius 1 is 1.38 bits per heavy atom. The lowest BCUT2D eigenvalue weighted by Crippen LogP contribution is -2.40. The number of hydrogen-bond donors (Lipinski definition) is 3.